The average molecular weight is 536 g/mol. The average Bonchev–Trinajstić information content (AvgIpc) is 2.82. The highest BCUT2D eigenvalue weighted by Crippen LogP contribution is 2.28. The normalized spacial score (nSPS) is 13.1. The molecule has 0 saturated heterocycles. The first-order valence-corrected chi connectivity index (χ1v) is 12.8. The van der Waals surface area contributed by atoms with E-state index in [2.05, 4.69) is 0 Å². The van der Waals surface area contributed by atoms with Gasteiger partial charge in [0.2, 0.25) is 9.84 Å². The third-order valence-electron chi connectivity index (χ3n) is 5.57. The SMILES string of the molecule is C[C@H](Cc1ccc(S(=O)(=O)c2cccc(Cl)c2C=O)cc1)N(C[C@@H](O)c1cccc(Cl)c1)C(=O)O. The van der Waals surface area contributed by atoms with E-state index in [1.54, 1.807) is 43.3 Å². The predicted octanol–water partition coefficient (Wildman–Crippen LogP) is 5.28. The maximum absolute atomic E-state index is 13.0. The van der Waals surface area contributed by atoms with Crippen molar-refractivity contribution in [3.05, 3.63) is 93.5 Å². The number of benzene rings is 3. The number of hydrogen-bond acceptors (Lipinski definition) is 5. The Balaban J connectivity index is 1.77. The first-order valence-electron chi connectivity index (χ1n) is 10.6. The Hall–Kier alpha value is -2.91. The molecule has 0 saturated carbocycles. The van der Waals surface area contributed by atoms with Crippen LogP contribution < -0.4 is 0 Å². The minimum Gasteiger partial charge on any atom is -0.465 e. The molecule has 0 spiro atoms. The summed E-state index contributed by atoms with van der Waals surface area (Å²) in [5.74, 6) is 0. The van der Waals surface area contributed by atoms with Crippen molar-refractivity contribution in [3.8, 4) is 0 Å². The van der Waals surface area contributed by atoms with Crippen molar-refractivity contribution in [3.63, 3.8) is 0 Å². The molecule has 0 aliphatic rings. The number of halogens is 2. The van der Waals surface area contributed by atoms with Crippen molar-refractivity contribution in [1.82, 2.24) is 4.90 Å². The summed E-state index contributed by atoms with van der Waals surface area (Å²) in [7, 11) is -3.99. The van der Waals surface area contributed by atoms with E-state index < -0.39 is 28.1 Å². The fourth-order valence-electron chi connectivity index (χ4n) is 3.70. The molecule has 2 N–H and O–H groups in total. The predicted molar refractivity (Wildman–Crippen MR) is 133 cm³/mol. The largest absolute Gasteiger partial charge is 0.465 e. The maximum atomic E-state index is 13.0. The van der Waals surface area contributed by atoms with Crippen molar-refractivity contribution in [2.24, 2.45) is 0 Å². The number of carbonyl (C=O) groups is 2. The summed E-state index contributed by atoms with van der Waals surface area (Å²) in [4.78, 5) is 24.2. The zero-order valence-corrected chi connectivity index (χ0v) is 21.0. The number of aliphatic hydroxyl groups excluding tert-OH is 1. The van der Waals surface area contributed by atoms with Gasteiger partial charge < -0.3 is 15.1 Å². The Morgan fingerprint density at radius 3 is 2.31 bits per heavy atom. The number of carboxylic acid groups (broad SMARTS) is 1. The van der Waals surface area contributed by atoms with Gasteiger partial charge in [-0.05, 0) is 60.9 Å². The second-order valence-corrected chi connectivity index (χ2v) is 10.7. The van der Waals surface area contributed by atoms with Crippen LogP contribution in [0.1, 0.15) is 34.5 Å². The Bertz CT molecular complexity index is 1330. The first-order chi connectivity index (χ1) is 16.5. The van der Waals surface area contributed by atoms with E-state index in [-0.39, 0.29) is 33.3 Å². The fraction of sp³-hybridized carbons (Fsp3) is 0.200. The van der Waals surface area contributed by atoms with Crippen molar-refractivity contribution in [2.45, 2.75) is 35.3 Å². The molecular formula is C25H23Cl2NO6S. The van der Waals surface area contributed by atoms with Crippen molar-refractivity contribution >= 4 is 45.4 Å². The monoisotopic (exact) mass is 535 g/mol. The summed E-state index contributed by atoms with van der Waals surface area (Å²) in [6, 6.07) is 16.2. The molecule has 0 aromatic heterocycles. The lowest BCUT2D eigenvalue weighted by atomic mass is 10.0. The molecule has 0 radical (unpaired) electrons. The highest BCUT2D eigenvalue weighted by atomic mass is 35.5. The summed E-state index contributed by atoms with van der Waals surface area (Å²) in [5.41, 5.74) is 1.09. The second-order valence-electron chi connectivity index (χ2n) is 7.98. The molecule has 1 amide bonds. The first kappa shape index (κ1) is 26.7. The van der Waals surface area contributed by atoms with E-state index in [9.17, 15) is 28.2 Å². The van der Waals surface area contributed by atoms with E-state index >= 15 is 0 Å². The fourth-order valence-corrected chi connectivity index (χ4v) is 5.63. The van der Waals surface area contributed by atoms with Crippen LogP contribution in [-0.4, -0.2) is 48.5 Å². The summed E-state index contributed by atoms with van der Waals surface area (Å²) < 4.78 is 26.1. The van der Waals surface area contributed by atoms with Gasteiger partial charge in [-0.1, -0.05) is 53.5 Å². The molecule has 10 heteroatoms. The summed E-state index contributed by atoms with van der Waals surface area (Å²) in [6.07, 6.45) is -1.57. The van der Waals surface area contributed by atoms with E-state index in [1.807, 2.05) is 0 Å². The van der Waals surface area contributed by atoms with Crippen LogP contribution in [0.3, 0.4) is 0 Å². The zero-order chi connectivity index (χ0) is 25.8. The third kappa shape index (κ3) is 6.21. The molecule has 184 valence electrons. The van der Waals surface area contributed by atoms with Crippen LogP contribution in [0.2, 0.25) is 10.0 Å². The number of hydrogen-bond donors (Lipinski definition) is 2. The van der Waals surface area contributed by atoms with Crippen molar-refractivity contribution in [1.29, 1.82) is 0 Å². The second kappa shape index (κ2) is 11.2. The lowest BCUT2D eigenvalue weighted by molar-refractivity contribution is 0.0799. The van der Waals surface area contributed by atoms with Gasteiger partial charge in [0.15, 0.2) is 6.29 Å². The van der Waals surface area contributed by atoms with E-state index in [1.165, 1.54) is 30.3 Å². The van der Waals surface area contributed by atoms with Gasteiger partial charge in [0.1, 0.15) is 0 Å². The summed E-state index contributed by atoms with van der Waals surface area (Å²) in [5, 5.41) is 20.7. The molecule has 0 aliphatic heterocycles. The van der Waals surface area contributed by atoms with Gasteiger partial charge in [0.05, 0.1) is 33.0 Å². The van der Waals surface area contributed by atoms with Gasteiger partial charge in [-0.3, -0.25) is 4.79 Å². The highest BCUT2D eigenvalue weighted by Gasteiger charge is 2.25. The molecule has 0 unspecified atom stereocenters. The quantitative estimate of drug-likeness (QED) is 0.360. The molecule has 2 atom stereocenters. The Morgan fingerprint density at radius 2 is 1.71 bits per heavy atom. The summed E-state index contributed by atoms with van der Waals surface area (Å²) >= 11 is 11.9. The molecule has 3 aromatic carbocycles. The smallest absolute Gasteiger partial charge is 0.407 e. The zero-order valence-electron chi connectivity index (χ0n) is 18.6. The molecule has 3 aromatic rings. The van der Waals surface area contributed by atoms with Crippen LogP contribution in [0.25, 0.3) is 0 Å². The third-order valence-corrected chi connectivity index (χ3v) is 7.96. The highest BCUT2D eigenvalue weighted by molar-refractivity contribution is 7.91. The number of nitrogens with zero attached hydrogens (tertiary/aromatic N) is 1. The molecule has 0 aliphatic carbocycles. The van der Waals surface area contributed by atoms with E-state index in [0.717, 1.165) is 4.90 Å². The van der Waals surface area contributed by atoms with Gasteiger partial charge in [-0.2, -0.15) is 0 Å². The number of amides is 1. The minimum absolute atomic E-state index is 0.0225. The molecular weight excluding hydrogens is 513 g/mol. The number of rotatable bonds is 9. The van der Waals surface area contributed by atoms with Crippen molar-refractivity contribution < 1.29 is 28.2 Å². The van der Waals surface area contributed by atoms with E-state index in [0.29, 0.717) is 22.4 Å². The van der Waals surface area contributed by atoms with Crippen LogP contribution in [0.4, 0.5) is 4.79 Å². The van der Waals surface area contributed by atoms with Crippen LogP contribution in [0.5, 0.6) is 0 Å². The summed E-state index contributed by atoms with van der Waals surface area (Å²) in [6.45, 7) is 1.54. The molecule has 0 heterocycles. The number of sulfone groups is 1. The van der Waals surface area contributed by atoms with Gasteiger partial charge >= 0.3 is 6.09 Å². The standard InChI is InChI=1S/C25H23Cl2NO6S/c1-16(28(25(31)32)14-23(30)18-4-2-5-19(26)13-18)12-17-8-10-20(11-9-17)35(33,34)24-7-3-6-22(27)21(24)15-29/h2-11,13,15-16,23,30H,12,14H2,1H3,(H,31,32)/t16-,23-/m1/s1. The van der Waals surface area contributed by atoms with E-state index in [4.69, 9.17) is 23.2 Å². The molecule has 3 rings (SSSR count). The molecule has 35 heavy (non-hydrogen) atoms. The lowest BCUT2D eigenvalue weighted by Gasteiger charge is -2.29. The van der Waals surface area contributed by atoms with Crippen LogP contribution in [0.15, 0.2) is 76.5 Å². The van der Waals surface area contributed by atoms with Crippen LogP contribution >= 0.6 is 23.2 Å². The number of aliphatic hydroxyl groups is 1. The Morgan fingerprint density at radius 1 is 1.06 bits per heavy atom. The number of aldehydes is 1. The van der Waals surface area contributed by atoms with Gasteiger partial charge in [-0.25, -0.2) is 13.2 Å². The van der Waals surface area contributed by atoms with Gasteiger partial charge in [-0.15, -0.1) is 0 Å². The topological polar surface area (TPSA) is 112 Å². The molecule has 7 nitrogen and oxygen atoms in total. The minimum atomic E-state index is -3.99. The van der Waals surface area contributed by atoms with Crippen molar-refractivity contribution in [2.75, 3.05) is 6.54 Å². The number of carbonyl (C=O) groups excluding carboxylic acids is 1. The van der Waals surface area contributed by atoms with Crippen LogP contribution in [0, 0.1) is 0 Å². The Labute approximate surface area is 213 Å². The Kier molecular flexibility index (Phi) is 8.56. The lowest BCUT2D eigenvalue weighted by Crippen LogP contribution is -2.41. The van der Waals surface area contributed by atoms with Crippen LogP contribution in [-0.2, 0) is 16.3 Å². The molecule has 0 bridgehead atoms. The molecule has 0 fully saturated rings. The maximum Gasteiger partial charge on any atom is 0.407 e. The van der Waals surface area contributed by atoms with Gasteiger partial charge in [0, 0.05) is 11.1 Å². The van der Waals surface area contributed by atoms with Gasteiger partial charge in [0.25, 0.3) is 0 Å².